The molecule has 0 unspecified atom stereocenters. The van der Waals surface area contributed by atoms with Crippen LogP contribution in [-0.4, -0.2) is 94.9 Å². The third kappa shape index (κ3) is 9.13. The van der Waals surface area contributed by atoms with Crippen LogP contribution in [0.3, 0.4) is 0 Å². The Hall–Kier alpha value is -2.23. The Balaban J connectivity index is 1.98. The molecule has 3 rings (SSSR count). The lowest BCUT2D eigenvalue weighted by molar-refractivity contribution is -0.00832. The monoisotopic (exact) mass is 631 g/mol. The molecule has 0 radical (unpaired) electrons. The Morgan fingerprint density at radius 2 is 1.93 bits per heavy atom. The summed E-state index contributed by atoms with van der Waals surface area (Å²) in [6.07, 6.45) is 2.46. The van der Waals surface area contributed by atoms with Gasteiger partial charge in [0.15, 0.2) is 0 Å². The fourth-order valence-electron chi connectivity index (χ4n) is 4.58. The zero-order valence-electron chi connectivity index (χ0n) is 24.1. The van der Waals surface area contributed by atoms with Crippen molar-refractivity contribution >= 4 is 43.0 Å². The van der Waals surface area contributed by atoms with Gasteiger partial charge >= 0.3 is 0 Å². The number of fused-ring (bicyclic) bond motifs is 1. The quantitative estimate of drug-likeness (QED) is 0.452. The van der Waals surface area contributed by atoms with Crippen molar-refractivity contribution in [2.24, 2.45) is 5.92 Å². The number of sulfonamides is 2. The number of rotatable bonds is 8. The number of amides is 1. The fraction of sp³-hybridized carbons (Fsp3) is 0.593. The molecule has 14 heteroatoms. The van der Waals surface area contributed by atoms with Crippen molar-refractivity contribution in [3.8, 4) is 5.75 Å². The van der Waals surface area contributed by atoms with Gasteiger partial charge in [0, 0.05) is 38.3 Å². The molecule has 1 aliphatic rings. The first kappa shape index (κ1) is 33.3. The molecule has 41 heavy (non-hydrogen) atoms. The maximum Gasteiger partial charge on any atom is 0.258 e. The molecular formula is C27H41N3O8S3. The van der Waals surface area contributed by atoms with Crippen LogP contribution in [0.2, 0.25) is 0 Å². The van der Waals surface area contributed by atoms with E-state index in [0.29, 0.717) is 18.8 Å². The van der Waals surface area contributed by atoms with E-state index in [1.807, 2.05) is 13.8 Å². The predicted octanol–water partition coefficient (Wildman–Crippen LogP) is 3.24. The van der Waals surface area contributed by atoms with E-state index in [9.17, 15) is 26.7 Å². The van der Waals surface area contributed by atoms with Crippen LogP contribution in [0.4, 0.5) is 5.69 Å². The van der Waals surface area contributed by atoms with Crippen molar-refractivity contribution in [3.63, 3.8) is 0 Å². The van der Waals surface area contributed by atoms with E-state index in [2.05, 4.69) is 4.72 Å². The van der Waals surface area contributed by atoms with Crippen LogP contribution in [0.15, 0.2) is 39.9 Å². The van der Waals surface area contributed by atoms with Crippen molar-refractivity contribution in [3.05, 3.63) is 41.3 Å². The van der Waals surface area contributed by atoms with E-state index in [0.717, 1.165) is 30.4 Å². The van der Waals surface area contributed by atoms with Crippen LogP contribution >= 0.6 is 11.3 Å². The van der Waals surface area contributed by atoms with Crippen LogP contribution in [0.25, 0.3) is 0 Å². The van der Waals surface area contributed by atoms with E-state index < -0.39 is 38.1 Å². The molecular weight excluding hydrogens is 591 g/mol. The van der Waals surface area contributed by atoms with Crippen LogP contribution in [-0.2, 0) is 24.8 Å². The Bertz CT molecular complexity index is 1370. The van der Waals surface area contributed by atoms with Crippen molar-refractivity contribution < 1.29 is 36.2 Å². The van der Waals surface area contributed by atoms with Gasteiger partial charge in [-0.3, -0.25) is 9.52 Å². The number of aliphatic hydroxyl groups is 1. The predicted molar refractivity (Wildman–Crippen MR) is 159 cm³/mol. The molecule has 0 bridgehead atoms. The molecule has 1 amide bonds. The number of carbonyl (C=O) groups excluding carboxylic acids is 1. The summed E-state index contributed by atoms with van der Waals surface area (Å²) in [7, 11) is -5.79. The maximum absolute atomic E-state index is 14.0. The molecule has 11 nitrogen and oxygen atoms in total. The number of ether oxygens (including phenoxy) is 2. The summed E-state index contributed by atoms with van der Waals surface area (Å²) in [5.41, 5.74) is 0.369. The van der Waals surface area contributed by atoms with Gasteiger partial charge < -0.3 is 19.5 Å². The molecule has 4 atom stereocenters. The maximum atomic E-state index is 14.0. The number of hydrogen-bond acceptors (Lipinski definition) is 9. The topological polar surface area (TPSA) is 143 Å². The number of nitrogens with one attached hydrogen (secondary N) is 1. The standard InChI is InChI=1S/C27H41N3O8S3/c1-19-16-30(20(2)18-31)27(32)23-15-22(28-40(5,33)34)11-12-24(23)38-21(3)9-6-7-13-37-25(19)17-29(4)41(35,36)26-10-8-14-39-26/h8,10-12,14-15,19-21,25,28,31H,6-7,9,13,16-18H2,1-5H3/t19-,20+,21+,25-/m0/s1. The lowest BCUT2D eigenvalue weighted by Crippen LogP contribution is -2.48. The summed E-state index contributed by atoms with van der Waals surface area (Å²) in [6, 6.07) is 7.21. The van der Waals surface area contributed by atoms with Gasteiger partial charge in [-0.1, -0.05) is 13.0 Å². The number of benzene rings is 1. The molecule has 2 aromatic rings. The molecule has 1 aromatic carbocycles. The Morgan fingerprint density at radius 1 is 1.20 bits per heavy atom. The highest BCUT2D eigenvalue weighted by atomic mass is 32.2. The molecule has 2 heterocycles. The Labute approximate surface area is 247 Å². The van der Waals surface area contributed by atoms with E-state index in [1.165, 1.54) is 22.3 Å². The first-order valence-electron chi connectivity index (χ1n) is 13.5. The molecule has 0 fully saturated rings. The second kappa shape index (κ2) is 14.3. The van der Waals surface area contributed by atoms with E-state index >= 15 is 0 Å². The van der Waals surface area contributed by atoms with Crippen LogP contribution in [0.1, 0.15) is 50.4 Å². The first-order valence-corrected chi connectivity index (χ1v) is 17.8. The van der Waals surface area contributed by atoms with Crippen LogP contribution in [0.5, 0.6) is 5.75 Å². The molecule has 1 aliphatic heterocycles. The summed E-state index contributed by atoms with van der Waals surface area (Å²) in [5.74, 6) is -0.457. The summed E-state index contributed by atoms with van der Waals surface area (Å²) < 4.78 is 66.3. The number of thiophene rings is 1. The number of anilines is 1. The summed E-state index contributed by atoms with van der Waals surface area (Å²) in [6.45, 7) is 5.81. The average molecular weight is 632 g/mol. The van der Waals surface area contributed by atoms with E-state index in [-0.39, 0.29) is 47.2 Å². The van der Waals surface area contributed by atoms with Gasteiger partial charge in [0.05, 0.1) is 36.7 Å². The lowest BCUT2D eigenvalue weighted by Gasteiger charge is -2.35. The smallest absolute Gasteiger partial charge is 0.258 e. The van der Waals surface area contributed by atoms with Crippen LogP contribution in [0, 0.1) is 5.92 Å². The molecule has 1 aromatic heterocycles. The lowest BCUT2D eigenvalue weighted by atomic mass is 10.0. The number of likely N-dealkylation sites (N-methyl/N-ethyl adjacent to an activating group) is 1. The summed E-state index contributed by atoms with van der Waals surface area (Å²) >= 11 is 1.14. The number of carbonyl (C=O) groups is 1. The zero-order chi connectivity index (χ0) is 30.4. The van der Waals surface area contributed by atoms with E-state index in [4.69, 9.17) is 9.47 Å². The number of aliphatic hydroxyl groups excluding tert-OH is 1. The van der Waals surface area contributed by atoms with Gasteiger partial charge in [0.1, 0.15) is 9.96 Å². The van der Waals surface area contributed by atoms with Crippen molar-refractivity contribution in [2.45, 2.75) is 62.5 Å². The number of hydrogen-bond donors (Lipinski definition) is 2. The molecule has 0 spiro atoms. The second-order valence-corrected chi connectivity index (χ2v) is 15.6. The highest BCUT2D eigenvalue weighted by Gasteiger charge is 2.32. The van der Waals surface area contributed by atoms with E-state index in [1.54, 1.807) is 36.6 Å². The largest absolute Gasteiger partial charge is 0.490 e. The van der Waals surface area contributed by atoms with Gasteiger partial charge in [0.2, 0.25) is 10.0 Å². The Morgan fingerprint density at radius 3 is 2.56 bits per heavy atom. The minimum absolute atomic E-state index is 0.0788. The van der Waals surface area contributed by atoms with Gasteiger partial charge in [-0.25, -0.2) is 16.8 Å². The molecule has 230 valence electrons. The van der Waals surface area contributed by atoms with Gasteiger partial charge in [-0.05, 0) is 62.8 Å². The summed E-state index contributed by atoms with van der Waals surface area (Å²) in [5, 5.41) is 11.8. The molecule has 2 N–H and O–H groups in total. The second-order valence-electron chi connectivity index (χ2n) is 10.6. The van der Waals surface area contributed by atoms with Crippen molar-refractivity contribution in [1.82, 2.24) is 9.21 Å². The average Bonchev–Trinajstić information content (AvgIpc) is 3.45. The van der Waals surface area contributed by atoms with Gasteiger partial charge in [-0.15, -0.1) is 11.3 Å². The third-order valence-corrected chi connectivity index (χ3v) is 10.8. The first-order chi connectivity index (χ1) is 19.2. The fourth-order valence-corrected chi connectivity index (χ4v) is 7.52. The number of nitrogens with zero attached hydrogens (tertiary/aromatic N) is 2. The highest BCUT2D eigenvalue weighted by Crippen LogP contribution is 2.29. The summed E-state index contributed by atoms with van der Waals surface area (Å²) in [4.78, 5) is 15.5. The SMILES string of the molecule is C[C@@H]1CCCCO[C@@H](CN(C)S(=O)(=O)c2cccs2)[C@@H](C)CN([C@H](C)CO)C(=O)c2cc(NS(C)(=O)=O)ccc2O1. The van der Waals surface area contributed by atoms with Crippen LogP contribution < -0.4 is 9.46 Å². The normalized spacial score (nSPS) is 22.5. The van der Waals surface area contributed by atoms with Gasteiger partial charge in [-0.2, -0.15) is 4.31 Å². The molecule has 0 aliphatic carbocycles. The molecule has 0 saturated heterocycles. The van der Waals surface area contributed by atoms with Gasteiger partial charge in [0.25, 0.3) is 15.9 Å². The Kier molecular flexibility index (Phi) is 11.6. The highest BCUT2D eigenvalue weighted by molar-refractivity contribution is 7.92. The molecule has 0 saturated carbocycles. The zero-order valence-corrected chi connectivity index (χ0v) is 26.6. The van der Waals surface area contributed by atoms with Crippen molar-refractivity contribution in [2.75, 3.05) is 44.3 Å². The minimum Gasteiger partial charge on any atom is -0.490 e. The minimum atomic E-state index is -3.71. The van der Waals surface area contributed by atoms with Crippen molar-refractivity contribution in [1.29, 1.82) is 0 Å². The third-order valence-electron chi connectivity index (χ3n) is 6.95.